The summed E-state index contributed by atoms with van der Waals surface area (Å²) in [7, 11) is 0. The van der Waals surface area contributed by atoms with Crippen LogP contribution >= 0.6 is 0 Å². The van der Waals surface area contributed by atoms with Crippen LogP contribution in [0.4, 0.5) is 5.69 Å². The van der Waals surface area contributed by atoms with Gasteiger partial charge in [0.05, 0.1) is 11.9 Å². The maximum atomic E-state index is 12.7. The molecule has 3 aliphatic rings. The molecule has 2 aromatic carbocycles. The van der Waals surface area contributed by atoms with E-state index in [1.54, 1.807) is 24.3 Å². The van der Waals surface area contributed by atoms with E-state index >= 15 is 0 Å². The van der Waals surface area contributed by atoms with Gasteiger partial charge in [-0.05, 0) is 25.0 Å². The molecule has 0 saturated carbocycles. The van der Waals surface area contributed by atoms with Crippen molar-refractivity contribution in [2.24, 2.45) is 10.7 Å². The lowest BCUT2D eigenvalue weighted by molar-refractivity contribution is -0.136. The normalized spacial score (nSPS) is 17.1. The fraction of sp³-hybridized carbons (Fsp3) is 0.217. The number of nitrogen functional groups attached to an aromatic ring is 1. The summed E-state index contributed by atoms with van der Waals surface area (Å²) >= 11 is 0. The Morgan fingerprint density at radius 2 is 1.97 bits per heavy atom. The van der Waals surface area contributed by atoms with Gasteiger partial charge in [-0.2, -0.15) is 0 Å². The highest BCUT2D eigenvalue weighted by Crippen LogP contribution is 2.32. The third-order valence-corrected chi connectivity index (χ3v) is 5.68. The van der Waals surface area contributed by atoms with Crippen molar-refractivity contribution < 1.29 is 14.0 Å². The van der Waals surface area contributed by atoms with Gasteiger partial charge >= 0.3 is 0 Å². The lowest BCUT2D eigenvalue weighted by Gasteiger charge is -2.21. The largest absolute Gasteiger partial charge is 0.453 e. The van der Waals surface area contributed by atoms with Gasteiger partial charge in [-0.1, -0.05) is 24.3 Å². The first-order valence-electron chi connectivity index (χ1n) is 10.1. The van der Waals surface area contributed by atoms with Gasteiger partial charge in [-0.25, -0.2) is 9.98 Å². The smallest absolute Gasteiger partial charge is 0.268 e. The minimum absolute atomic E-state index is 0.116. The van der Waals surface area contributed by atoms with Gasteiger partial charge in [0.25, 0.3) is 5.91 Å². The van der Waals surface area contributed by atoms with Gasteiger partial charge in [-0.15, -0.1) is 0 Å². The van der Waals surface area contributed by atoms with Gasteiger partial charge in [0.2, 0.25) is 5.91 Å². The molecular formula is C23H21N5O3. The number of carbonyl (C=O) groups excluding carboxylic acids is 2. The first-order chi connectivity index (χ1) is 15.0. The number of anilines is 1. The Morgan fingerprint density at radius 1 is 1.16 bits per heavy atom. The average Bonchev–Trinajstić information content (AvgIpc) is 3.28. The number of hydrogen-bond donors (Lipinski definition) is 2. The average molecular weight is 415 g/mol. The molecule has 0 bridgehead atoms. The van der Waals surface area contributed by atoms with Crippen molar-refractivity contribution in [2.75, 3.05) is 18.8 Å². The Labute approximate surface area is 177 Å². The minimum atomic E-state index is -0.565. The van der Waals surface area contributed by atoms with Crippen molar-refractivity contribution in [2.45, 2.75) is 18.9 Å². The SMILES string of the molecule is NCC(=O)N1CCC[C@H]1C(=O)N=c1ccc2nc3c(cc(N)c4ccccc43)oc-2c1. The second-order valence-electron chi connectivity index (χ2n) is 7.62. The maximum Gasteiger partial charge on any atom is 0.268 e. The van der Waals surface area contributed by atoms with Gasteiger partial charge in [0.1, 0.15) is 17.3 Å². The summed E-state index contributed by atoms with van der Waals surface area (Å²) < 4.78 is 6.06. The molecule has 31 heavy (non-hydrogen) atoms. The van der Waals surface area contributed by atoms with E-state index in [1.165, 1.54) is 4.90 Å². The predicted molar refractivity (Wildman–Crippen MR) is 117 cm³/mol. The number of aromatic nitrogens is 1. The molecule has 2 aromatic rings. The van der Waals surface area contributed by atoms with Crippen molar-refractivity contribution in [1.82, 2.24) is 9.88 Å². The Kier molecular flexibility index (Phi) is 4.63. The van der Waals surface area contributed by atoms with Gasteiger partial charge in [-0.3, -0.25) is 9.59 Å². The van der Waals surface area contributed by atoms with E-state index < -0.39 is 6.04 Å². The van der Waals surface area contributed by atoms with Crippen LogP contribution in [-0.2, 0) is 9.59 Å². The van der Waals surface area contributed by atoms with Crippen LogP contribution in [0.2, 0.25) is 0 Å². The van der Waals surface area contributed by atoms with E-state index in [9.17, 15) is 9.59 Å². The summed E-state index contributed by atoms with van der Waals surface area (Å²) in [6.07, 6.45) is 1.35. The molecule has 2 aliphatic heterocycles. The van der Waals surface area contributed by atoms with Crippen LogP contribution < -0.4 is 16.8 Å². The summed E-state index contributed by atoms with van der Waals surface area (Å²) in [4.78, 5) is 35.2. The summed E-state index contributed by atoms with van der Waals surface area (Å²) in [5, 5.41) is 2.28. The van der Waals surface area contributed by atoms with Crippen molar-refractivity contribution in [1.29, 1.82) is 0 Å². The van der Waals surface area contributed by atoms with Gasteiger partial charge in [0.15, 0.2) is 11.3 Å². The molecule has 1 fully saturated rings. The number of likely N-dealkylation sites (tertiary alicyclic amines) is 1. The monoisotopic (exact) mass is 415 g/mol. The molecule has 1 saturated heterocycles. The summed E-state index contributed by atoms with van der Waals surface area (Å²) in [6.45, 7) is 0.412. The highest BCUT2D eigenvalue weighted by Gasteiger charge is 2.33. The fourth-order valence-corrected chi connectivity index (χ4v) is 4.18. The molecule has 156 valence electrons. The van der Waals surface area contributed by atoms with Crippen LogP contribution in [0.3, 0.4) is 0 Å². The number of nitrogens with two attached hydrogens (primary N) is 2. The Bertz CT molecular complexity index is 1380. The fourth-order valence-electron chi connectivity index (χ4n) is 4.18. The van der Waals surface area contributed by atoms with Gasteiger partial charge < -0.3 is 20.8 Å². The number of fused-ring (bicyclic) bond motifs is 4. The van der Waals surface area contributed by atoms with Crippen LogP contribution in [0.25, 0.3) is 33.3 Å². The lowest BCUT2D eigenvalue weighted by Crippen LogP contribution is -2.43. The zero-order chi connectivity index (χ0) is 21.5. The summed E-state index contributed by atoms with van der Waals surface area (Å²) in [6, 6.07) is 14.1. The molecule has 0 unspecified atom stereocenters. The van der Waals surface area contributed by atoms with Crippen molar-refractivity contribution in [3.05, 3.63) is 53.9 Å². The standard InChI is InChI=1S/C23H21N5O3/c24-12-21(29)28-9-3-6-18(28)23(30)26-13-7-8-17-19(10-13)31-20-11-16(25)14-4-1-2-5-15(14)22(20)27-17/h1-2,4-5,7-8,10-11,18H,3,6,9,12,24-25H2/t18-/m0/s1. The van der Waals surface area contributed by atoms with Crippen LogP contribution in [-0.4, -0.2) is 40.8 Å². The third-order valence-electron chi connectivity index (χ3n) is 5.68. The zero-order valence-corrected chi connectivity index (χ0v) is 16.7. The van der Waals surface area contributed by atoms with E-state index in [0.29, 0.717) is 41.0 Å². The zero-order valence-electron chi connectivity index (χ0n) is 16.7. The molecule has 5 rings (SSSR count). The predicted octanol–water partition coefficient (Wildman–Crippen LogP) is 2.05. The lowest BCUT2D eigenvalue weighted by atomic mass is 10.1. The Hall–Kier alpha value is -3.78. The molecule has 1 aliphatic carbocycles. The summed E-state index contributed by atoms with van der Waals surface area (Å²) in [5.74, 6) is -0.0970. The van der Waals surface area contributed by atoms with E-state index in [4.69, 9.17) is 20.9 Å². The van der Waals surface area contributed by atoms with Crippen LogP contribution in [0, 0.1) is 0 Å². The van der Waals surface area contributed by atoms with E-state index in [0.717, 1.165) is 22.7 Å². The minimum Gasteiger partial charge on any atom is -0.453 e. The highest BCUT2D eigenvalue weighted by molar-refractivity contribution is 6.09. The van der Waals surface area contributed by atoms with E-state index in [-0.39, 0.29) is 18.4 Å². The Morgan fingerprint density at radius 3 is 2.77 bits per heavy atom. The third kappa shape index (κ3) is 3.30. The molecule has 1 atom stereocenters. The summed E-state index contributed by atoms with van der Waals surface area (Å²) in [5.41, 5.74) is 14.2. The number of nitrogens with zero attached hydrogens (tertiary/aromatic N) is 3. The van der Waals surface area contributed by atoms with Crippen molar-refractivity contribution >= 4 is 39.4 Å². The van der Waals surface area contributed by atoms with Crippen molar-refractivity contribution in [3.63, 3.8) is 0 Å². The van der Waals surface area contributed by atoms with E-state index in [1.807, 2.05) is 24.3 Å². The Balaban J connectivity index is 1.58. The maximum absolute atomic E-state index is 12.7. The number of benzene rings is 3. The van der Waals surface area contributed by atoms with Crippen LogP contribution in [0.5, 0.6) is 0 Å². The molecule has 8 nitrogen and oxygen atoms in total. The molecule has 0 radical (unpaired) electrons. The first-order valence-corrected chi connectivity index (χ1v) is 10.1. The van der Waals surface area contributed by atoms with Gasteiger partial charge in [0, 0.05) is 35.1 Å². The molecule has 4 N–H and O–H groups in total. The number of amides is 2. The highest BCUT2D eigenvalue weighted by atomic mass is 16.3. The quantitative estimate of drug-likeness (QED) is 0.293. The molecule has 8 heteroatoms. The number of rotatable bonds is 2. The van der Waals surface area contributed by atoms with Crippen LogP contribution in [0.1, 0.15) is 12.8 Å². The number of carbonyl (C=O) groups is 2. The molecular weight excluding hydrogens is 394 g/mol. The molecule has 0 spiro atoms. The molecule has 0 aromatic heterocycles. The second-order valence-corrected chi connectivity index (χ2v) is 7.62. The number of hydrogen-bond acceptors (Lipinski definition) is 6. The van der Waals surface area contributed by atoms with Crippen LogP contribution in [0.15, 0.2) is 57.9 Å². The second kappa shape index (κ2) is 7.48. The topological polar surface area (TPSA) is 128 Å². The molecule has 2 heterocycles. The van der Waals surface area contributed by atoms with Crippen molar-refractivity contribution in [3.8, 4) is 11.5 Å². The molecule has 2 amide bonds. The first kappa shape index (κ1) is 19.2. The van der Waals surface area contributed by atoms with E-state index in [2.05, 4.69) is 4.99 Å².